The highest BCUT2D eigenvalue weighted by atomic mass is 16.5. The van der Waals surface area contributed by atoms with Crippen molar-refractivity contribution >= 4 is 5.97 Å². The Morgan fingerprint density at radius 1 is 0.960 bits per heavy atom. The van der Waals surface area contributed by atoms with Gasteiger partial charge in [0, 0.05) is 6.42 Å². The number of benzene rings is 2. The van der Waals surface area contributed by atoms with Crippen LogP contribution in [0.3, 0.4) is 0 Å². The number of ether oxygens (including phenoxy) is 4. The molecule has 134 valence electrons. The summed E-state index contributed by atoms with van der Waals surface area (Å²) < 4.78 is 21.7. The zero-order valence-corrected chi connectivity index (χ0v) is 14.9. The fraction of sp³-hybridized carbons (Fsp3) is 0.350. The van der Waals surface area contributed by atoms with Crippen LogP contribution in [0.1, 0.15) is 24.5 Å². The Morgan fingerprint density at radius 2 is 1.68 bits per heavy atom. The van der Waals surface area contributed by atoms with Crippen molar-refractivity contribution in [3.05, 3.63) is 53.6 Å². The van der Waals surface area contributed by atoms with Gasteiger partial charge in [0.05, 0.1) is 20.8 Å². The van der Waals surface area contributed by atoms with Crippen molar-refractivity contribution in [2.75, 3.05) is 20.8 Å². The molecule has 2 rings (SSSR count). The largest absolute Gasteiger partial charge is 0.493 e. The van der Waals surface area contributed by atoms with Gasteiger partial charge in [0.2, 0.25) is 5.75 Å². The van der Waals surface area contributed by atoms with E-state index in [0.29, 0.717) is 43.3 Å². The van der Waals surface area contributed by atoms with Crippen molar-refractivity contribution in [3.63, 3.8) is 0 Å². The van der Waals surface area contributed by atoms with Crippen molar-refractivity contribution in [2.24, 2.45) is 0 Å². The van der Waals surface area contributed by atoms with Gasteiger partial charge in [-0.2, -0.15) is 0 Å². The lowest BCUT2D eigenvalue weighted by atomic mass is 10.1. The Labute approximate surface area is 148 Å². The van der Waals surface area contributed by atoms with Crippen molar-refractivity contribution < 1.29 is 23.7 Å². The molecular weight excluding hydrogens is 320 g/mol. The first-order chi connectivity index (χ1) is 12.2. The van der Waals surface area contributed by atoms with E-state index in [0.717, 1.165) is 11.1 Å². The number of carbonyl (C=O) groups is 1. The van der Waals surface area contributed by atoms with Crippen LogP contribution in [0.4, 0.5) is 0 Å². The van der Waals surface area contributed by atoms with Crippen molar-refractivity contribution in [2.45, 2.75) is 26.4 Å². The Kier molecular flexibility index (Phi) is 7.14. The third kappa shape index (κ3) is 5.41. The van der Waals surface area contributed by atoms with Crippen LogP contribution in [0.5, 0.6) is 17.2 Å². The molecule has 0 aromatic heterocycles. The van der Waals surface area contributed by atoms with E-state index in [1.807, 2.05) is 42.5 Å². The monoisotopic (exact) mass is 344 g/mol. The maximum Gasteiger partial charge on any atom is 0.306 e. The second-order valence-electron chi connectivity index (χ2n) is 5.41. The summed E-state index contributed by atoms with van der Waals surface area (Å²) in [6.07, 6.45) is 0.850. The second kappa shape index (κ2) is 9.57. The first-order valence-electron chi connectivity index (χ1n) is 8.25. The molecule has 2 aromatic rings. The standard InChI is InChI=1S/C20H24O5/c1-4-24-19(21)11-10-16-12-17(22-2)20(23-3)18(13-16)25-14-15-8-6-5-7-9-15/h5-9,12-13H,4,10-11,14H2,1-3H3. The lowest BCUT2D eigenvalue weighted by Gasteiger charge is -2.16. The molecule has 5 heteroatoms. The number of esters is 1. The second-order valence-corrected chi connectivity index (χ2v) is 5.41. The lowest BCUT2D eigenvalue weighted by molar-refractivity contribution is -0.143. The number of methoxy groups -OCH3 is 2. The summed E-state index contributed by atoms with van der Waals surface area (Å²) in [5.74, 6) is 1.49. The molecule has 0 aliphatic carbocycles. The lowest BCUT2D eigenvalue weighted by Crippen LogP contribution is -2.06. The molecule has 0 aliphatic rings. The molecule has 0 amide bonds. The fourth-order valence-corrected chi connectivity index (χ4v) is 2.45. The van der Waals surface area contributed by atoms with Gasteiger partial charge in [-0.3, -0.25) is 4.79 Å². The van der Waals surface area contributed by atoms with Crippen LogP contribution in [0.15, 0.2) is 42.5 Å². The molecule has 5 nitrogen and oxygen atoms in total. The van der Waals surface area contributed by atoms with Crippen LogP contribution < -0.4 is 14.2 Å². The van der Waals surface area contributed by atoms with Crippen LogP contribution in [0.25, 0.3) is 0 Å². The predicted octanol–water partition coefficient (Wildman–Crippen LogP) is 3.78. The van der Waals surface area contributed by atoms with Crippen molar-refractivity contribution in [1.29, 1.82) is 0 Å². The van der Waals surface area contributed by atoms with Gasteiger partial charge in [0.15, 0.2) is 11.5 Å². The van der Waals surface area contributed by atoms with Gasteiger partial charge in [-0.25, -0.2) is 0 Å². The van der Waals surface area contributed by atoms with Crippen LogP contribution in [-0.4, -0.2) is 26.8 Å². The molecule has 0 heterocycles. The van der Waals surface area contributed by atoms with E-state index in [1.165, 1.54) is 0 Å². The van der Waals surface area contributed by atoms with Crippen LogP contribution in [0, 0.1) is 0 Å². The van der Waals surface area contributed by atoms with Crippen LogP contribution in [-0.2, 0) is 22.6 Å². The zero-order valence-electron chi connectivity index (χ0n) is 14.9. The minimum Gasteiger partial charge on any atom is -0.493 e. The molecule has 0 atom stereocenters. The smallest absolute Gasteiger partial charge is 0.306 e. The summed E-state index contributed by atoms with van der Waals surface area (Å²) in [4.78, 5) is 11.6. The molecular formula is C20H24O5. The minimum atomic E-state index is -0.218. The summed E-state index contributed by atoms with van der Waals surface area (Å²) in [5, 5.41) is 0. The molecule has 0 saturated carbocycles. The number of aryl methyl sites for hydroxylation is 1. The van der Waals surface area contributed by atoms with E-state index in [2.05, 4.69) is 0 Å². The molecule has 0 fully saturated rings. The minimum absolute atomic E-state index is 0.218. The maximum absolute atomic E-state index is 11.6. The highest BCUT2D eigenvalue weighted by Gasteiger charge is 2.15. The highest BCUT2D eigenvalue weighted by Crippen LogP contribution is 2.39. The first-order valence-corrected chi connectivity index (χ1v) is 8.25. The molecule has 0 radical (unpaired) electrons. The molecule has 0 bridgehead atoms. The average molecular weight is 344 g/mol. The van der Waals surface area contributed by atoms with E-state index >= 15 is 0 Å². The van der Waals surface area contributed by atoms with Gasteiger partial charge in [-0.05, 0) is 36.6 Å². The van der Waals surface area contributed by atoms with Gasteiger partial charge >= 0.3 is 5.97 Å². The van der Waals surface area contributed by atoms with E-state index in [1.54, 1.807) is 21.1 Å². The quantitative estimate of drug-likeness (QED) is 0.648. The molecule has 2 aromatic carbocycles. The molecule has 0 spiro atoms. The Morgan fingerprint density at radius 3 is 2.32 bits per heavy atom. The summed E-state index contributed by atoms with van der Waals surface area (Å²) in [5.41, 5.74) is 1.98. The van der Waals surface area contributed by atoms with E-state index < -0.39 is 0 Å². The SMILES string of the molecule is CCOC(=O)CCc1cc(OC)c(OC)c(OCc2ccccc2)c1. The van der Waals surface area contributed by atoms with E-state index in [-0.39, 0.29) is 5.97 Å². The molecule has 0 saturated heterocycles. The average Bonchev–Trinajstić information content (AvgIpc) is 2.65. The fourth-order valence-electron chi connectivity index (χ4n) is 2.45. The summed E-state index contributed by atoms with van der Waals surface area (Å²) in [6.45, 7) is 2.60. The number of hydrogen-bond donors (Lipinski definition) is 0. The normalized spacial score (nSPS) is 10.2. The molecule has 0 aliphatic heterocycles. The van der Waals surface area contributed by atoms with Crippen molar-refractivity contribution in [3.8, 4) is 17.2 Å². The van der Waals surface area contributed by atoms with Gasteiger partial charge in [-0.15, -0.1) is 0 Å². The van der Waals surface area contributed by atoms with E-state index in [4.69, 9.17) is 18.9 Å². The van der Waals surface area contributed by atoms with Crippen molar-refractivity contribution in [1.82, 2.24) is 0 Å². The van der Waals surface area contributed by atoms with Crippen LogP contribution in [0.2, 0.25) is 0 Å². The first kappa shape index (κ1) is 18.6. The number of rotatable bonds is 9. The molecule has 0 unspecified atom stereocenters. The third-order valence-corrected chi connectivity index (χ3v) is 3.66. The van der Waals surface area contributed by atoms with E-state index in [9.17, 15) is 4.79 Å². The third-order valence-electron chi connectivity index (χ3n) is 3.66. The summed E-state index contributed by atoms with van der Waals surface area (Å²) in [6, 6.07) is 13.6. The highest BCUT2D eigenvalue weighted by molar-refractivity contribution is 5.69. The number of hydrogen-bond acceptors (Lipinski definition) is 5. The Balaban J connectivity index is 2.17. The summed E-state index contributed by atoms with van der Waals surface area (Å²) >= 11 is 0. The predicted molar refractivity (Wildman–Crippen MR) is 95.3 cm³/mol. The van der Waals surface area contributed by atoms with Gasteiger partial charge in [0.1, 0.15) is 6.61 Å². The topological polar surface area (TPSA) is 54.0 Å². The number of carbonyl (C=O) groups excluding carboxylic acids is 1. The Hall–Kier alpha value is -2.69. The van der Waals surface area contributed by atoms with Gasteiger partial charge in [-0.1, -0.05) is 30.3 Å². The zero-order chi connectivity index (χ0) is 18.1. The van der Waals surface area contributed by atoms with Gasteiger partial charge in [0.25, 0.3) is 0 Å². The van der Waals surface area contributed by atoms with Gasteiger partial charge < -0.3 is 18.9 Å². The summed E-state index contributed by atoms with van der Waals surface area (Å²) in [7, 11) is 3.15. The van der Waals surface area contributed by atoms with Crippen LogP contribution >= 0.6 is 0 Å². The Bertz CT molecular complexity index is 682. The molecule has 25 heavy (non-hydrogen) atoms. The molecule has 0 N–H and O–H groups in total. The maximum atomic E-state index is 11.6.